The van der Waals surface area contributed by atoms with Crippen molar-refractivity contribution in [2.45, 2.75) is 58.2 Å². The van der Waals surface area contributed by atoms with Crippen LogP contribution in [0.3, 0.4) is 0 Å². The Morgan fingerprint density at radius 3 is 2.40 bits per heavy atom. The summed E-state index contributed by atoms with van der Waals surface area (Å²) in [6.45, 7) is 6.03. The van der Waals surface area contributed by atoms with Gasteiger partial charge in [-0.25, -0.2) is 9.59 Å². The van der Waals surface area contributed by atoms with E-state index in [0.29, 0.717) is 12.5 Å². The summed E-state index contributed by atoms with van der Waals surface area (Å²) < 4.78 is 5.65. The molecule has 0 radical (unpaired) electrons. The zero-order chi connectivity index (χ0) is 14.9. The van der Waals surface area contributed by atoms with Crippen LogP contribution in [-0.2, 0) is 9.53 Å². The summed E-state index contributed by atoms with van der Waals surface area (Å²) in [5, 5.41) is 14.6. The van der Waals surface area contributed by atoms with E-state index >= 15 is 0 Å². The van der Waals surface area contributed by atoms with Crippen molar-refractivity contribution in [3.63, 3.8) is 0 Å². The van der Waals surface area contributed by atoms with Crippen molar-refractivity contribution < 1.29 is 19.4 Å². The standard InChI is InChI=1S/C14H24N2O4/c1-14(2,3)11(12(17)18)16-13(19)15-9-6-7-20-10(9)8-4-5-8/h8-11H,4-7H2,1-3H3,(H,17,18)(H2,15,16,19)/t9?,10?,11-/m1/s1. The molecule has 3 N–H and O–H groups in total. The summed E-state index contributed by atoms with van der Waals surface area (Å²) in [5.41, 5.74) is -0.536. The minimum atomic E-state index is -1.02. The molecule has 2 fully saturated rings. The van der Waals surface area contributed by atoms with Crippen molar-refractivity contribution in [2.75, 3.05) is 6.61 Å². The third kappa shape index (κ3) is 3.62. The van der Waals surface area contributed by atoms with E-state index in [1.54, 1.807) is 20.8 Å². The maximum Gasteiger partial charge on any atom is 0.326 e. The zero-order valence-corrected chi connectivity index (χ0v) is 12.3. The van der Waals surface area contributed by atoms with E-state index in [1.165, 1.54) is 0 Å². The molecule has 0 spiro atoms. The van der Waals surface area contributed by atoms with Crippen molar-refractivity contribution >= 4 is 12.0 Å². The second-order valence-corrected chi connectivity index (χ2v) is 6.82. The van der Waals surface area contributed by atoms with Gasteiger partial charge in [0.1, 0.15) is 6.04 Å². The fourth-order valence-electron chi connectivity index (χ4n) is 2.65. The van der Waals surface area contributed by atoms with Gasteiger partial charge in [-0.1, -0.05) is 20.8 Å². The smallest absolute Gasteiger partial charge is 0.326 e. The van der Waals surface area contributed by atoms with Crippen LogP contribution in [0, 0.1) is 11.3 Å². The largest absolute Gasteiger partial charge is 0.480 e. The first-order valence-corrected chi connectivity index (χ1v) is 7.20. The van der Waals surface area contributed by atoms with Crippen molar-refractivity contribution in [1.29, 1.82) is 0 Å². The Morgan fingerprint density at radius 1 is 1.25 bits per heavy atom. The molecule has 0 bridgehead atoms. The number of carbonyl (C=O) groups excluding carboxylic acids is 1. The van der Waals surface area contributed by atoms with Gasteiger partial charge < -0.3 is 20.5 Å². The summed E-state index contributed by atoms with van der Waals surface area (Å²) in [4.78, 5) is 23.2. The minimum Gasteiger partial charge on any atom is -0.480 e. The molecule has 114 valence electrons. The van der Waals surface area contributed by atoms with E-state index in [-0.39, 0.29) is 12.1 Å². The van der Waals surface area contributed by atoms with Gasteiger partial charge in [0.2, 0.25) is 0 Å². The summed E-state index contributed by atoms with van der Waals surface area (Å²) >= 11 is 0. The van der Waals surface area contributed by atoms with E-state index in [2.05, 4.69) is 10.6 Å². The first-order chi connectivity index (χ1) is 9.29. The number of rotatable bonds is 4. The van der Waals surface area contributed by atoms with Crippen LogP contribution in [0.15, 0.2) is 0 Å². The van der Waals surface area contributed by atoms with Gasteiger partial charge in [-0.3, -0.25) is 0 Å². The molecule has 1 saturated carbocycles. The van der Waals surface area contributed by atoms with Crippen LogP contribution in [-0.4, -0.2) is 41.9 Å². The third-order valence-corrected chi connectivity index (χ3v) is 3.93. The van der Waals surface area contributed by atoms with Crippen LogP contribution in [0.2, 0.25) is 0 Å². The average molecular weight is 284 g/mol. The highest BCUT2D eigenvalue weighted by molar-refractivity contribution is 5.83. The molecular formula is C14H24N2O4. The molecule has 2 rings (SSSR count). The molecule has 3 atom stereocenters. The molecule has 0 aromatic heterocycles. The zero-order valence-electron chi connectivity index (χ0n) is 12.3. The van der Waals surface area contributed by atoms with Crippen LogP contribution >= 0.6 is 0 Å². The summed E-state index contributed by atoms with van der Waals surface area (Å²) in [5.74, 6) is -0.463. The molecule has 1 aliphatic heterocycles. The Hall–Kier alpha value is -1.30. The average Bonchev–Trinajstić information content (AvgIpc) is 3.06. The Morgan fingerprint density at radius 2 is 1.90 bits per heavy atom. The van der Waals surface area contributed by atoms with Gasteiger partial charge in [-0.2, -0.15) is 0 Å². The minimum absolute atomic E-state index is 0.00286. The molecule has 1 heterocycles. The first-order valence-electron chi connectivity index (χ1n) is 7.20. The molecule has 2 aliphatic rings. The fraction of sp³-hybridized carbons (Fsp3) is 0.857. The Bertz CT molecular complexity index is 387. The third-order valence-electron chi connectivity index (χ3n) is 3.93. The number of nitrogens with one attached hydrogen (secondary N) is 2. The number of hydrogen-bond donors (Lipinski definition) is 3. The molecule has 2 amide bonds. The highest BCUT2D eigenvalue weighted by Crippen LogP contribution is 2.38. The lowest BCUT2D eigenvalue weighted by Crippen LogP contribution is -2.55. The van der Waals surface area contributed by atoms with Crippen LogP contribution < -0.4 is 10.6 Å². The maximum atomic E-state index is 12.0. The second kappa shape index (κ2) is 5.60. The first kappa shape index (κ1) is 15.1. The molecule has 1 saturated heterocycles. The number of carbonyl (C=O) groups is 2. The summed E-state index contributed by atoms with van der Waals surface area (Å²) in [6.07, 6.45) is 3.20. The maximum absolute atomic E-state index is 12.0. The number of ether oxygens (including phenoxy) is 1. The predicted molar refractivity (Wildman–Crippen MR) is 73.4 cm³/mol. The Kier molecular flexibility index (Phi) is 4.22. The number of amides is 2. The molecule has 2 unspecified atom stereocenters. The van der Waals surface area contributed by atoms with E-state index in [9.17, 15) is 14.7 Å². The number of hydrogen-bond acceptors (Lipinski definition) is 3. The molecule has 1 aliphatic carbocycles. The fourth-order valence-corrected chi connectivity index (χ4v) is 2.65. The van der Waals surface area contributed by atoms with Gasteiger partial charge >= 0.3 is 12.0 Å². The quantitative estimate of drug-likeness (QED) is 0.727. The monoisotopic (exact) mass is 284 g/mol. The second-order valence-electron chi connectivity index (χ2n) is 6.82. The molecule has 0 aromatic carbocycles. The topological polar surface area (TPSA) is 87.7 Å². The van der Waals surface area contributed by atoms with Gasteiger partial charge in [0.15, 0.2) is 0 Å². The van der Waals surface area contributed by atoms with Crippen LogP contribution in [0.5, 0.6) is 0 Å². The molecule has 6 nitrogen and oxygen atoms in total. The van der Waals surface area contributed by atoms with Crippen molar-refractivity contribution in [3.05, 3.63) is 0 Å². The number of aliphatic carboxylic acids is 1. The Labute approximate surface area is 119 Å². The predicted octanol–water partition coefficient (Wildman–Crippen LogP) is 1.35. The normalized spacial score (nSPS) is 27.9. The molecular weight excluding hydrogens is 260 g/mol. The van der Waals surface area contributed by atoms with Crippen LogP contribution in [0.25, 0.3) is 0 Å². The van der Waals surface area contributed by atoms with Crippen molar-refractivity contribution in [3.8, 4) is 0 Å². The number of carboxylic acids is 1. The number of urea groups is 1. The van der Waals surface area contributed by atoms with Crippen LogP contribution in [0.4, 0.5) is 4.79 Å². The van der Waals surface area contributed by atoms with E-state index in [4.69, 9.17) is 4.74 Å². The van der Waals surface area contributed by atoms with Crippen LogP contribution in [0.1, 0.15) is 40.0 Å². The van der Waals surface area contributed by atoms with Gasteiger partial charge in [-0.05, 0) is 30.6 Å². The highest BCUT2D eigenvalue weighted by Gasteiger charge is 2.41. The SMILES string of the molecule is CC(C)(C)[C@H](NC(=O)NC1CCOC1C1CC1)C(=O)O. The highest BCUT2D eigenvalue weighted by atomic mass is 16.5. The Balaban J connectivity index is 1.89. The van der Waals surface area contributed by atoms with E-state index in [0.717, 1.165) is 19.3 Å². The lowest BCUT2D eigenvalue weighted by atomic mass is 9.87. The molecule has 20 heavy (non-hydrogen) atoms. The van der Waals surface area contributed by atoms with Crippen molar-refractivity contribution in [2.24, 2.45) is 11.3 Å². The molecule has 0 aromatic rings. The number of carboxylic acid groups (broad SMARTS) is 1. The van der Waals surface area contributed by atoms with Gasteiger partial charge in [0, 0.05) is 6.61 Å². The summed E-state index contributed by atoms with van der Waals surface area (Å²) in [7, 11) is 0. The lowest BCUT2D eigenvalue weighted by Gasteiger charge is -2.29. The van der Waals surface area contributed by atoms with E-state index < -0.39 is 23.5 Å². The van der Waals surface area contributed by atoms with E-state index in [1.807, 2.05) is 0 Å². The van der Waals surface area contributed by atoms with Gasteiger partial charge in [-0.15, -0.1) is 0 Å². The van der Waals surface area contributed by atoms with Gasteiger partial charge in [0.25, 0.3) is 0 Å². The lowest BCUT2D eigenvalue weighted by molar-refractivity contribution is -0.141. The van der Waals surface area contributed by atoms with Gasteiger partial charge in [0.05, 0.1) is 12.1 Å². The molecule has 6 heteroatoms. The van der Waals surface area contributed by atoms with Crippen molar-refractivity contribution in [1.82, 2.24) is 10.6 Å². The summed E-state index contributed by atoms with van der Waals surface area (Å²) in [6, 6.07) is -1.34.